The van der Waals surface area contributed by atoms with Crippen molar-refractivity contribution in [2.24, 2.45) is 5.92 Å². The van der Waals surface area contributed by atoms with E-state index in [1.165, 1.54) is 0 Å². The molecule has 0 spiro atoms. The molecule has 0 saturated heterocycles. The van der Waals surface area contributed by atoms with Gasteiger partial charge in [0, 0.05) is 16.5 Å². The first-order valence-electron chi connectivity index (χ1n) is 7.10. The van der Waals surface area contributed by atoms with E-state index in [2.05, 4.69) is 12.2 Å². The summed E-state index contributed by atoms with van der Waals surface area (Å²) in [5.41, 5.74) is 1.33. The van der Waals surface area contributed by atoms with Crippen LogP contribution in [-0.2, 0) is 0 Å². The van der Waals surface area contributed by atoms with Crippen molar-refractivity contribution in [1.29, 1.82) is 0 Å². The van der Waals surface area contributed by atoms with Crippen molar-refractivity contribution in [3.05, 3.63) is 34.3 Å². The summed E-state index contributed by atoms with van der Waals surface area (Å²) in [4.78, 5) is 12.4. The maximum Gasteiger partial charge on any atom is 0.251 e. The van der Waals surface area contributed by atoms with Crippen molar-refractivity contribution >= 4 is 29.1 Å². The Bertz CT molecular complexity index is 473. The van der Waals surface area contributed by atoms with E-state index in [0.717, 1.165) is 37.2 Å². The summed E-state index contributed by atoms with van der Waals surface area (Å²) in [7, 11) is 0. The zero-order valence-corrected chi connectivity index (χ0v) is 13.5. The molecule has 2 rings (SSSR count). The first kappa shape index (κ1) is 15.7. The lowest BCUT2D eigenvalue weighted by atomic mass is 9.78. The summed E-state index contributed by atoms with van der Waals surface area (Å²) in [5, 5.41) is 3.73. The van der Waals surface area contributed by atoms with E-state index in [1.54, 1.807) is 6.07 Å². The highest BCUT2D eigenvalue weighted by atomic mass is 35.5. The smallest absolute Gasteiger partial charge is 0.251 e. The van der Waals surface area contributed by atoms with Crippen LogP contribution in [0.4, 0.5) is 0 Å². The minimum Gasteiger partial charge on any atom is -0.345 e. The van der Waals surface area contributed by atoms with Crippen LogP contribution in [0.1, 0.15) is 48.5 Å². The van der Waals surface area contributed by atoms with Crippen LogP contribution in [0.15, 0.2) is 18.2 Å². The molecule has 110 valence electrons. The summed E-state index contributed by atoms with van der Waals surface area (Å²) >= 11 is 12.2. The van der Waals surface area contributed by atoms with Gasteiger partial charge < -0.3 is 5.32 Å². The van der Waals surface area contributed by atoms with E-state index in [1.807, 2.05) is 19.1 Å². The Morgan fingerprint density at radius 3 is 2.55 bits per heavy atom. The lowest BCUT2D eigenvalue weighted by molar-refractivity contribution is 0.0872. The third kappa shape index (κ3) is 3.67. The fourth-order valence-electron chi connectivity index (χ4n) is 2.79. The molecule has 0 aromatic heterocycles. The van der Waals surface area contributed by atoms with Crippen molar-refractivity contribution in [1.82, 2.24) is 5.32 Å². The predicted molar refractivity (Wildman–Crippen MR) is 84.7 cm³/mol. The predicted octanol–water partition coefficient (Wildman–Crippen LogP) is 4.57. The van der Waals surface area contributed by atoms with Crippen molar-refractivity contribution in [2.75, 3.05) is 5.88 Å². The zero-order valence-electron chi connectivity index (χ0n) is 12.0. The summed E-state index contributed by atoms with van der Waals surface area (Å²) in [6.45, 7) is 4.18. The molecule has 0 bridgehead atoms. The molecule has 4 heteroatoms. The van der Waals surface area contributed by atoms with Gasteiger partial charge in [-0.3, -0.25) is 4.79 Å². The van der Waals surface area contributed by atoms with Crippen molar-refractivity contribution in [3.63, 3.8) is 0 Å². The number of benzene rings is 1. The highest BCUT2D eigenvalue weighted by Gasteiger charge is 2.35. The molecule has 1 aliphatic rings. The third-order valence-corrected chi connectivity index (χ3v) is 4.90. The fourth-order valence-corrected chi connectivity index (χ4v) is 3.41. The number of carbonyl (C=O) groups is 1. The number of hydrogen-bond donors (Lipinski definition) is 1. The molecule has 0 aliphatic heterocycles. The fraction of sp³-hybridized carbons (Fsp3) is 0.562. The van der Waals surface area contributed by atoms with E-state index < -0.39 is 0 Å². The molecule has 1 N–H and O–H groups in total. The minimum absolute atomic E-state index is 0.0780. The summed E-state index contributed by atoms with van der Waals surface area (Å²) in [6, 6.07) is 5.41. The van der Waals surface area contributed by atoms with Gasteiger partial charge in [0.1, 0.15) is 0 Å². The van der Waals surface area contributed by atoms with Gasteiger partial charge in [0.2, 0.25) is 0 Å². The Morgan fingerprint density at radius 2 is 2.00 bits per heavy atom. The van der Waals surface area contributed by atoms with E-state index in [4.69, 9.17) is 23.2 Å². The van der Waals surface area contributed by atoms with Crippen molar-refractivity contribution in [2.45, 2.75) is 45.1 Å². The first-order chi connectivity index (χ1) is 9.44. The Morgan fingerprint density at radius 1 is 1.35 bits per heavy atom. The molecule has 2 nitrogen and oxygen atoms in total. The minimum atomic E-state index is -0.263. The molecule has 1 amide bonds. The van der Waals surface area contributed by atoms with Crippen LogP contribution in [-0.4, -0.2) is 17.3 Å². The van der Waals surface area contributed by atoms with Crippen LogP contribution in [0.5, 0.6) is 0 Å². The van der Waals surface area contributed by atoms with Gasteiger partial charge in [0.05, 0.1) is 5.54 Å². The van der Waals surface area contributed by atoms with Crippen LogP contribution in [0, 0.1) is 12.8 Å². The average Bonchev–Trinajstić information content (AvgIpc) is 2.40. The molecule has 0 unspecified atom stereocenters. The number of carbonyl (C=O) groups excluding carboxylic acids is 1. The highest BCUT2D eigenvalue weighted by Crippen LogP contribution is 2.33. The quantitative estimate of drug-likeness (QED) is 0.814. The van der Waals surface area contributed by atoms with Gasteiger partial charge in [0.15, 0.2) is 0 Å². The van der Waals surface area contributed by atoms with Gasteiger partial charge in [0.25, 0.3) is 5.91 Å². The van der Waals surface area contributed by atoms with Gasteiger partial charge >= 0.3 is 0 Å². The lowest BCUT2D eigenvalue weighted by Crippen LogP contribution is -2.52. The Hall–Kier alpha value is -0.730. The molecular formula is C16H21Cl2NO. The first-order valence-corrected chi connectivity index (χ1v) is 8.01. The second kappa shape index (κ2) is 6.36. The van der Waals surface area contributed by atoms with E-state index in [9.17, 15) is 4.79 Å². The van der Waals surface area contributed by atoms with Crippen molar-refractivity contribution in [3.8, 4) is 0 Å². The largest absolute Gasteiger partial charge is 0.345 e. The number of amides is 1. The number of alkyl halides is 1. The van der Waals surface area contributed by atoms with E-state index >= 15 is 0 Å². The Balaban J connectivity index is 2.13. The molecule has 1 aliphatic carbocycles. The number of hydrogen-bond acceptors (Lipinski definition) is 1. The zero-order chi connectivity index (χ0) is 14.8. The molecule has 0 atom stereocenters. The molecule has 1 saturated carbocycles. The van der Waals surface area contributed by atoms with Gasteiger partial charge in [-0.1, -0.05) is 18.5 Å². The maximum absolute atomic E-state index is 12.4. The van der Waals surface area contributed by atoms with Gasteiger partial charge in [-0.05, 0) is 62.3 Å². The number of nitrogens with one attached hydrogen (secondary N) is 1. The number of rotatable bonds is 3. The average molecular weight is 314 g/mol. The summed E-state index contributed by atoms with van der Waals surface area (Å²) < 4.78 is 0. The molecule has 20 heavy (non-hydrogen) atoms. The molecule has 1 aromatic rings. The normalized spacial score (nSPS) is 26.3. The lowest BCUT2D eigenvalue weighted by Gasteiger charge is -2.38. The second-order valence-electron chi connectivity index (χ2n) is 6.07. The molecular weight excluding hydrogens is 293 g/mol. The Kier molecular flexibility index (Phi) is 4.98. The van der Waals surface area contributed by atoms with E-state index in [-0.39, 0.29) is 11.4 Å². The highest BCUT2D eigenvalue weighted by molar-refractivity contribution is 6.31. The maximum atomic E-state index is 12.4. The molecule has 0 radical (unpaired) electrons. The topological polar surface area (TPSA) is 29.1 Å². The van der Waals surface area contributed by atoms with Gasteiger partial charge in [-0.15, -0.1) is 11.6 Å². The molecule has 0 heterocycles. The van der Waals surface area contributed by atoms with Crippen LogP contribution < -0.4 is 5.32 Å². The van der Waals surface area contributed by atoms with Gasteiger partial charge in [-0.2, -0.15) is 0 Å². The van der Waals surface area contributed by atoms with Crippen molar-refractivity contribution < 1.29 is 4.79 Å². The van der Waals surface area contributed by atoms with Gasteiger partial charge in [-0.25, -0.2) is 0 Å². The third-order valence-electron chi connectivity index (χ3n) is 4.17. The van der Waals surface area contributed by atoms with Crippen LogP contribution in [0.2, 0.25) is 5.02 Å². The SMILES string of the molecule is Cc1cc(Cl)cc(C(=O)NC2(CCl)CCC(C)CC2)c1. The standard InChI is InChI=1S/C16H21Cl2NO/c1-11-3-5-16(10-17,6-4-11)19-15(20)13-7-12(2)8-14(18)9-13/h7-9,11H,3-6,10H2,1-2H3,(H,19,20). The number of halogens is 2. The second-order valence-corrected chi connectivity index (χ2v) is 6.77. The van der Waals surface area contributed by atoms with Crippen LogP contribution in [0.3, 0.4) is 0 Å². The summed E-state index contributed by atoms with van der Waals surface area (Å²) in [6.07, 6.45) is 4.12. The monoisotopic (exact) mass is 313 g/mol. The molecule has 1 aromatic carbocycles. The summed E-state index contributed by atoms with van der Waals surface area (Å²) in [5.74, 6) is 1.10. The molecule has 1 fully saturated rings. The van der Waals surface area contributed by atoms with E-state index in [0.29, 0.717) is 16.5 Å². The number of aryl methyl sites for hydroxylation is 1. The van der Waals surface area contributed by atoms with Crippen LogP contribution in [0.25, 0.3) is 0 Å². The Labute approximate surface area is 130 Å². The van der Waals surface area contributed by atoms with Crippen LogP contribution >= 0.6 is 23.2 Å².